The molecule has 0 radical (unpaired) electrons. The molecule has 8 heteroatoms. The Labute approximate surface area is 155 Å². The highest BCUT2D eigenvalue weighted by molar-refractivity contribution is 5.76. The van der Waals surface area contributed by atoms with Crippen molar-refractivity contribution in [2.24, 2.45) is 0 Å². The fourth-order valence-electron chi connectivity index (χ4n) is 3.35. The normalized spacial score (nSPS) is 22.5. The molecule has 1 fully saturated rings. The van der Waals surface area contributed by atoms with Crippen LogP contribution in [0.4, 0.5) is 18.0 Å². The lowest BCUT2D eigenvalue weighted by molar-refractivity contribution is -0.0519. The van der Waals surface area contributed by atoms with Crippen LogP contribution in [0.25, 0.3) is 5.57 Å². The van der Waals surface area contributed by atoms with Crippen molar-refractivity contribution in [3.63, 3.8) is 0 Å². The molecule has 2 aliphatic rings. The van der Waals surface area contributed by atoms with Crippen molar-refractivity contribution in [3.05, 3.63) is 35.7 Å². The van der Waals surface area contributed by atoms with Crippen molar-refractivity contribution < 1.29 is 32.2 Å². The van der Waals surface area contributed by atoms with Gasteiger partial charge in [0, 0.05) is 11.6 Å². The number of amides is 1. The maximum atomic E-state index is 13.5. The highest BCUT2D eigenvalue weighted by atomic mass is 19.3. The van der Waals surface area contributed by atoms with Crippen LogP contribution in [0.5, 0.6) is 5.75 Å². The van der Waals surface area contributed by atoms with Crippen LogP contribution < -0.4 is 4.74 Å². The van der Waals surface area contributed by atoms with Gasteiger partial charge in [-0.1, -0.05) is 6.08 Å². The van der Waals surface area contributed by atoms with Gasteiger partial charge in [-0.3, -0.25) is 4.90 Å². The summed E-state index contributed by atoms with van der Waals surface area (Å²) < 4.78 is 54.4. The van der Waals surface area contributed by atoms with Gasteiger partial charge in [-0.2, -0.15) is 8.78 Å². The van der Waals surface area contributed by atoms with Crippen molar-refractivity contribution in [1.29, 1.82) is 0 Å². The molecule has 3 rings (SSSR count). The van der Waals surface area contributed by atoms with Crippen LogP contribution in [0.2, 0.25) is 0 Å². The first-order valence-electron chi connectivity index (χ1n) is 8.68. The predicted octanol–water partition coefficient (Wildman–Crippen LogP) is 4.22. The van der Waals surface area contributed by atoms with Crippen molar-refractivity contribution >= 4 is 11.7 Å². The second-order valence-electron chi connectivity index (χ2n) is 7.56. The van der Waals surface area contributed by atoms with E-state index >= 15 is 0 Å². The Kier molecular flexibility index (Phi) is 5.37. The quantitative estimate of drug-likeness (QED) is 0.782. The summed E-state index contributed by atoms with van der Waals surface area (Å²) in [5.41, 5.74) is 0.465. The molecule has 2 bridgehead atoms. The van der Waals surface area contributed by atoms with Gasteiger partial charge in [0.05, 0.1) is 25.3 Å². The number of nitrogens with zero attached hydrogens (tertiary/aromatic N) is 1. The molecule has 0 aliphatic carbocycles. The summed E-state index contributed by atoms with van der Waals surface area (Å²) in [5.74, 6) is -0.884. The van der Waals surface area contributed by atoms with E-state index in [2.05, 4.69) is 4.74 Å². The predicted molar refractivity (Wildman–Crippen MR) is 92.1 cm³/mol. The molecule has 5 nitrogen and oxygen atoms in total. The lowest BCUT2D eigenvalue weighted by atomic mass is 9.89. The van der Waals surface area contributed by atoms with E-state index in [-0.39, 0.29) is 18.4 Å². The first-order chi connectivity index (χ1) is 12.6. The van der Waals surface area contributed by atoms with Gasteiger partial charge in [0.2, 0.25) is 0 Å². The van der Waals surface area contributed by atoms with Crippen molar-refractivity contribution in [3.8, 4) is 5.75 Å². The highest BCUT2D eigenvalue weighted by Crippen LogP contribution is 2.37. The Hall–Kier alpha value is -2.22. The summed E-state index contributed by atoms with van der Waals surface area (Å²) in [5, 5.41) is 0. The van der Waals surface area contributed by atoms with Crippen LogP contribution in [0, 0.1) is 5.82 Å². The van der Waals surface area contributed by atoms with Gasteiger partial charge in [0.15, 0.2) is 0 Å². The molecule has 0 saturated carbocycles. The summed E-state index contributed by atoms with van der Waals surface area (Å²) in [7, 11) is 0. The number of hydrogen-bond donors (Lipinski definition) is 0. The standard InChI is InChI=1S/C19H22F3NO4/c1-19(2,3)27-18(24)23-13-6-11(7-14(23)10-25-9-13)15-5-4-12(20)8-16(15)26-17(21)22/h4-6,8,13-14,17H,7,9-10H2,1-3H3. The smallest absolute Gasteiger partial charge is 0.411 e. The largest absolute Gasteiger partial charge is 0.444 e. The summed E-state index contributed by atoms with van der Waals surface area (Å²) in [6, 6.07) is 2.85. The van der Waals surface area contributed by atoms with Crippen molar-refractivity contribution in [1.82, 2.24) is 4.90 Å². The van der Waals surface area contributed by atoms with Crippen molar-refractivity contribution in [2.75, 3.05) is 13.2 Å². The summed E-state index contributed by atoms with van der Waals surface area (Å²) in [4.78, 5) is 14.2. The third kappa shape index (κ3) is 4.55. The lowest BCUT2D eigenvalue weighted by Gasteiger charge is -2.44. The summed E-state index contributed by atoms with van der Waals surface area (Å²) >= 11 is 0. The molecule has 27 heavy (non-hydrogen) atoms. The minimum atomic E-state index is -3.06. The fourth-order valence-corrected chi connectivity index (χ4v) is 3.35. The molecule has 0 spiro atoms. The molecule has 2 atom stereocenters. The first kappa shape index (κ1) is 19.5. The van der Waals surface area contributed by atoms with Crippen molar-refractivity contribution in [2.45, 2.75) is 51.5 Å². The number of hydrogen-bond acceptors (Lipinski definition) is 4. The zero-order valence-corrected chi connectivity index (χ0v) is 15.4. The van der Waals surface area contributed by atoms with E-state index in [1.54, 1.807) is 31.7 Å². The average Bonchev–Trinajstić information content (AvgIpc) is 2.51. The number of carbonyl (C=O) groups excluding carboxylic acids is 1. The number of ether oxygens (including phenoxy) is 3. The zero-order chi connectivity index (χ0) is 19.8. The maximum Gasteiger partial charge on any atom is 0.411 e. The third-order valence-electron chi connectivity index (χ3n) is 4.31. The lowest BCUT2D eigenvalue weighted by Crippen LogP contribution is -2.57. The molecular weight excluding hydrogens is 363 g/mol. The summed E-state index contributed by atoms with van der Waals surface area (Å²) in [6.45, 7) is 2.87. The Bertz CT molecular complexity index is 745. The monoisotopic (exact) mass is 385 g/mol. The molecular formula is C19H22F3NO4. The van der Waals surface area contributed by atoms with Crippen LogP contribution in [-0.2, 0) is 9.47 Å². The highest BCUT2D eigenvalue weighted by Gasteiger charge is 2.40. The van der Waals surface area contributed by atoms with E-state index in [0.717, 1.165) is 6.07 Å². The molecule has 148 valence electrons. The minimum absolute atomic E-state index is 0.221. The number of alkyl halides is 2. The minimum Gasteiger partial charge on any atom is -0.444 e. The fraction of sp³-hybridized carbons (Fsp3) is 0.526. The number of fused-ring (bicyclic) bond motifs is 2. The van der Waals surface area contributed by atoms with Crippen LogP contribution in [0.1, 0.15) is 32.8 Å². The van der Waals surface area contributed by atoms with Gasteiger partial charge in [-0.25, -0.2) is 9.18 Å². The van der Waals surface area contributed by atoms with Gasteiger partial charge in [-0.05, 0) is 44.9 Å². The van der Waals surface area contributed by atoms with E-state index in [4.69, 9.17) is 9.47 Å². The Morgan fingerprint density at radius 3 is 2.67 bits per heavy atom. The van der Waals surface area contributed by atoms with Gasteiger partial charge in [0.1, 0.15) is 17.2 Å². The molecule has 2 unspecified atom stereocenters. The van der Waals surface area contributed by atoms with Gasteiger partial charge >= 0.3 is 12.7 Å². The number of halogens is 3. The molecule has 1 amide bonds. The molecule has 0 aromatic heterocycles. The number of benzene rings is 1. The van der Waals surface area contributed by atoms with Gasteiger partial charge in [-0.15, -0.1) is 0 Å². The Balaban J connectivity index is 1.91. The molecule has 1 saturated heterocycles. The zero-order valence-electron chi connectivity index (χ0n) is 15.4. The van der Waals surface area contributed by atoms with Crippen LogP contribution in [0.3, 0.4) is 0 Å². The van der Waals surface area contributed by atoms with Crippen LogP contribution >= 0.6 is 0 Å². The van der Waals surface area contributed by atoms with Crippen LogP contribution in [0.15, 0.2) is 24.3 Å². The van der Waals surface area contributed by atoms with E-state index < -0.39 is 30.2 Å². The van der Waals surface area contributed by atoms with Crippen LogP contribution in [-0.4, -0.2) is 48.5 Å². The molecule has 1 aromatic carbocycles. The van der Waals surface area contributed by atoms with E-state index in [9.17, 15) is 18.0 Å². The van der Waals surface area contributed by atoms with Gasteiger partial charge < -0.3 is 14.2 Å². The third-order valence-corrected chi connectivity index (χ3v) is 4.31. The topological polar surface area (TPSA) is 48.0 Å². The average molecular weight is 385 g/mol. The molecule has 0 N–H and O–H groups in total. The first-order valence-corrected chi connectivity index (χ1v) is 8.68. The number of morpholine rings is 1. The molecule has 2 heterocycles. The second-order valence-corrected chi connectivity index (χ2v) is 7.56. The summed E-state index contributed by atoms with van der Waals surface area (Å²) in [6.07, 6.45) is 1.69. The molecule has 1 aromatic rings. The number of rotatable bonds is 3. The van der Waals surface area contributed by atoms with E-state index in [1.165, 1.54) is 12.1 Å². The second kappa shape index (κ2) is 7.42. The Morgan fingerprint density at radius 2 is 2.04 bits per heavy atom. The van der Waals surface area contributed by atoms with Gasteiger partial charge in [0.25, 0.3) is 0 Å². The Morgan fingerprint density at radius 1 is 1.30 bits per heavy atom. The SMILES string of the molecule is CC(C)(C)OC(=O)N1C2C=C(c3ccc(F)cc3OC(F)F)CC1COC2. The number of carbonyl (C=O) groups is 1. The van der Waals surface area contributed by atoms with E-state index in [0.29, 0.717) is 24.2 Å². The van der Waals surface area contributed by atoms with E-state index in [1.807, 2.05) is 0 Å². The maximum absolute atomic E-state index is 13.5. The molecule has 2 aliphatic heterocycles.